The third kappa shape index (κ3) is 2.69. The fourth-order valence-corrected chi connectivity index (χ4v) is 1.32. The summed E-state index contributed by atoms with van der Waals surface area (Å²) in [6.45, 7) is 0. The van der Waals surface area contributed by atoms with E-state index in [-0.39, 0.29) is 12.2 Å². The maximum Gasteiger partial charge on any atom is 0.169 e. The zero-order valence-corrected chi connectivity index (χ0v) is 7.17. The second-order valence-corrected chi connectivity index (χ2v) is 3.13. The van der Waals surface area contributed by atoms with E-state index in [1.807, 2.05) is 17.5 Å². The standard InChI is InChI=1S/C9H7NOS/c10-6-5-8(11)3-4-9-2-1-7-12-9/h1-4,7H,5H2/b4-3+. The number of hydrogen-bond donors (Lipinski definition) is 0. The van der Waals surface area contributed by atoms with Crippen LogP contribution in [-0.4, -0.2) is 5.78 Å². The van der Waals surface area contributed by atoms with Crippen molar-refractivity contribution in [3.63, 3.8) is 0 Å². The SMILES string of the molecule is N#CCC(=O)/C=C/c1cccs1. The van der Waals surface area contributed by atoms with Gasteiger partial charge in [-0.25, -0.2) is 0 Å². The highest BCUT2D eigenvalue weighted by molar-refractivity contribution is 7.10. The maximum absolute atomic E-state index is 10.8. The number of ketones is 1. The average Bonchev–Trinajstić information content (AvgIpc) is 2.53. The molecule has 12 heavy (non-hydrogen) atoms. The van der Waals surface area contributed by atoms with E-state index in [9.17, 15) is 4.79 Å². The number of thiophene rings is 1. The minimum absolute atomic E-state index is 0.0398. The number of nitrogens with zero attached hydrogens (tertiary/aromatic N) is 1. The topological polar surface area (TPSA) is 40.9 Å². The smallest absolute Gasteiger partial charge is 0.169 e. The van der Waals surface area contributed by atoms with Crippen LogP contribution >= 0.6 is 11.3 Å². The summed E-state index contributed by atoms with van der Waals surface area (Å²) in [7, 11) is 0. The van der Waals surface area contributed by atoms with Gasteiger partial charge in [0.2, 0.25) is 0 Å². The summed E-state index contributed by atoms with van der Waals surface area (Å²) >= 11 is 1.56. The molecule has 0 fully saturated rings. The van der Waals surface area contributed by atoms with E-state index in [2.05, 4.69) is 0 Å². The van der Waals surface area contributed by atoms with E-state index < -0.39 is 0 Å². The molecule has 1 aromatic heterocycles. The molecule has 0 radical (unpaired) electrons. The first kappa shape index (κ1) is 8.69. The Morgan fingerprint density at radius 2 is 2.58 bits per heavy atom. The van der Waals surface area contributed by atoms with Gasteiger partial charge in [-0.15, -0.1) is 11.3 Å². The molecule has 0 aliphatic rings. The number of carbonyl (C=O) groups is 1. The first-order valence-corrected chi connectivity index (χ1v) is 4.32. The molecule has 0 saturated carbocycles. The van der Waals surface area contributed by atoms with Crippen LogP contribution in [0.1, 0.15) is 11.3 Å². The van der Waals surface area contributed by atoms with Crippen molar-refractivity contribution in [3.05, 3.63) is 28.5 Å². The van der Waals surface area contributed by atoms with Gasteiger partial charge in [0.1, 0.15) is 0 Å². The van der Waals surface area contributed by atoms with E-state index in [0.29, 0.717) is 0 Å². The van der Waals surface area contributed by atoms with Crippen LogP contribution in [0.25, 0.3) is 6.08 Å². The number of rotatable bonds is 3. The molecule has 0 aromatic carbocycles. The van der Waals surface area contributed by atoms with Crippen molar-refractivity contribution >= 4 is 23.2 Å². The first-order valence-electron chi connectivity index (χ1n) is 3.44. The minimum Gasteiger partial charge on any atom is -0.294 e. The summed E-state index contributed by atoms with van der Waals surface area (Å²) in [5.74, 6) is -0.147. The third-order valence-corrected chi connectivity index (χ3v) is 2.07. The molecule has 1 heterocycles. The zero-order chi connectivity index (χ0) is 8.81. The van der Waals surface area contributed by atoms with E-state index in [0.717, 1.165) is 4.88 Å². The molecule has 0 amide bonds. The lowest BCUT2D eigenvalue weighted by atomic mass is 10.3. The second kappa shape index (κ2) is 4.47. The van der Waals surface area contributed by atoms with Crippen LogP contribution < -0.4 is 0 Å². The molecule has 3 heteroatoms. The Morgan fingerprint density at radius 3 is 3.17 bits per heavy atom. The van der Waals surface area contributed by atoms with Gasteiger partial charge in [0.15, 0.2) is 5.78 Å². The maximum atomic E-state index is 10.8. The van der Waals surface area contributed by atoms with Gasteiger partial charge in [-0.05, 0) is 23.6 Å². The van der Waals surface area contributed by atoms with Gasteiger partial charge < -0.3 is 0 Å². The van der Waals surface area contributed by atoms with Crippen molar-refractivity contribution in [1.82, 2.24) is 0 Å². The predicted octanol–water partition coefficient (Wildman–Crippen LogP) is 2.24. The molecule has 1 aromatic rings. The highest BCUT2D eigenvalue weighted by Gasteiger charge is 1.93. The molecule has 0 saturated heterocycles. The normalized spacial score (nSPS) is 9.92. The summed E-state index contributed by atoms with van der Waals surface area (Å²) in [6, 6.07) is 5.63. The number of nitriles is 1. The van der Waals surface area contributed by atoms with Crippen molar-refractivity contribution < 1.29 is 4.79 Å². The van der Waals surface area contributed by atoms with Gasteiger partial charge in [0.25, 0.3) is 0 Å². The molecule has 0 aliphatic carbocycles. The van der Waals surface area contributed by atoms with Crippen molar-refractivity contribution in [3.8, 4) is 6.07 Å². The predicted molar refractivity (Wildman–Crippen MR) is 48.6 cm³/mol. The Morgan fingerprint density at radius 1 is 1.75 bits per heavy atom. The van der Waals surface area contributed by atoms with Gasteiger partial charge in [-0.3, -0.25) is 4.79 Å². The van der Waals surface area contributed by atoms with Crippen LogP contribution in [0.3, 0.4) is 0 Å². The van der Waals surface area contributed by atoms with E-state index in [4.69, 9.17) is 5.26 Å². The molecular weight excluding hydrogens is 170 g/mol. The summed E-state index contributed by atoms with van der Waals surface area (Å²) in [6.07, 6.45) is 3.13. The monoisotopic (exact) mass is 177 g/mol. The summed E-state index contributed by atoms with van der Waals surface area (Å²) in [4.78, 5) is 11.9. The van der Waals surface area contributed by atoms with Gasteiger partial charge >= 0.3 is 0 Å². The van der Waals surface area contributed by atoms with Crippen LogP contribution in [0.2, 0.25) is 0 Å². The molecule has 0 aliphatic heterocycles. The van der Waals surface area contributed by atoms with Crippen LogP contribution in [0.5, 0.6) is 0 Å². The fourth-order valence-electron chi connectivity index (χ4n) is 0.698. The van der Waals surface area contributed by atoms with Crippen molar-refractivity contribution in [2.24, 2.45) is 0 Å². The van der Waals surface area contributed by atoms with Crippen molar-refractivity contribution in [2.75, 3.05) is 0 Å². The van der Waals surface area contributed by atoms with Gasteiger partial charge in [-0.2, -0.15) is 5.26 Å². The van der Waals surface area contributed by atoms with E-state index >= 15 is 0 Å². The Kier molecular flexibility index (Phi) is 3.24. The summed E-state index contributed by atoms with van der Waals surface area (Å²) < 4.78 is 0. The lowest BCUT2D eigenvalue weighted by Crippen LogP contribution is -1.87. The molecule has 0 spiro atoms. The van der Waals surface area contributed by atoms with Crippen LogP contribution in [0, 0.1) is 11.3 Å². The summed E-state index contributed by atoms with van der Waals surface area (Å²) in [5, 5.41) is 10.1. The Balaban J connectivity index is 2.52. The molecule has 0 N–H and O–H groups in total. The third-order valence-electron chi connectivity index (χ3n) is 1.23. The quantitative estimate of drug-likeness (QED) is 0.664. The van der Waals surface area contributed by atoms with Crippen LogP contribution in [-0.2, 0) is 4.79 Å². The molecule has 0 atom stereocenters. The highest BCUT2D eigenvalue weighted by atomic mass is 32.1. The van der Waals surface area contributed by atoms with Gasteiger partial charge in [-0.1, -0.05) is 6.07 Å². The lowest BCUT2D eigenvalue weighted by Gasteiger charge is -1.82. The van der Waals surface area contributed by atoms with Crippen molar-refractivity contribution in [2.45, 2.75) is 6.42 Å². The molecule has 2 nitrogen and oxygen atoms in total. The highest BCUT2D eigenvalue weighted by Crippen LogP contribution is 2.10. The van der Waals surface area contributed by atoms with E-state index in [1.165, 1.54) is 6.08 Å². The Labute approximate surface area is 74.8 Å². The van der Waals surface area contributed by atoms with Crippen LogP contribution in [0.15, 0.2) is 23.6 Å². The second-order valence-electron chi connectivity index (χ2n) is 2.15. The molecule has 1 rings (SSSR count). The van der Waals surface area contributed by atoms with Crippen molar-refractivity contribution in [1.29, 1.82) is 5.26 Å². The fraction of sp³-hybridized carbons (Fsp3) is 0.111. The Hall–Kier alpha value is -1.40. The Bertz CT molecular complexity index is 319. The molecule has 0 bridgehead atoms. The number of allylic oxidation sites excluding steroid dienone is 1. The van der Waals surface area contributed by atoms with Crippen LogP contribution in [0.4, 0.5) is 0 Å². The lowest BCUT2D eigenvalue weighted by molar-refractivity contribution is -0.113. The van der Waals surface area contributed by atoms with Gasteiger partial charge in [0.05, 0.1) is 12.5 Å². The van der Waals surface area contributed by atoms with E-state index in [1.54, 1.807) is 23.5 Å². The number of carbonyl (C=O) groups excluding carboxylic acids is 1. The first-order chi connectivity index (χ1) is 5.83. The van der Waals surface area contributed by atoms with Gasteiger partial charge in [0, 0.05) is 4.88 Å². The molecule has 0 unspecified atom stereocenters. The minimum atomic E-state index is -0.147. The largest absolute Gasteiger partial charge is 0.294 e. The molecule has 60 valence electrons. The summed E-state index contributed by atoms with van der Waals surface area (Å²) in [5.41, 5.74) is 0. The average molecular weight is 177 g/mol. The molecular formula is C9H7NOS. The number of hydrogen-bond acceptors (Lipinski definition) is 3. The zero-order valence-electron chi connectivity index (χ0n) is 6.36.